The van der Waals surface area contributed by atoms with Gasteiger partial charge in [0.15, 0.2) is 0 Å². The van der Waals surface area contributed by atoms with Gasteiger partial charge in [-0.25, -0.2) is 18.4 Å². The van der Waals surface area contributed by atoms with Crippen molar-refractivity contribution in [1.29, 1.82) is 0 Å². The number of aromatic nitrogens is 1. The summed E-state index contributed by atoms with van der Waals surface area (Å²) in [6, 6.07) is 9.74. The standard InChI is InChI=1S/C17H21N3O4S/c1-2-13-24-17(21)20(15-7-10-19-11-8-15)12-9-14-3-5-16(6-4-14)25(18,22)23/h3-8,10-11H,2,9,12-13H2,1H3,(H2,18,22,23). The van der Waals surface area contributed by atoms with E-state index < -0.39 is 16.1 Å². The molecule has 0 fully saturated rings. The lowest BCUT2D eigenvalue weighted by Crippen LogP contribution is -2.33. The lowest BCUT2D eigenvalue weighted by molar-refractivity contribution is 0.154. The molecule has 0 unspecified atom stereocenters. The average molecular weight is 363 g/mol. The molecule has 8 heteroatoms. The molecule has 0 bridgehead atoms. The number of amides is 1. The fourth-order valence-electron chi connectivity index (χ4n) is 2.20. The molecule has 0 aliphatic rings. The van der Waals surface area contributed by atoms with Gasteiger partial charge in [-0.3, -0.25) is 9.88 Å². The van der Waals surface area contributed by atoms with Crippen LogP contribution in [0.25, 0.3) is 0 Å². The molecular weight excluding hydrogens is 342 g/mol. The van der Waals surface area contributed by atoms with Crippen molar-refractivity contribution < 1.29 is 17.9 Å². The Kier molecular flexibility index (Phi) is 6.49. The third-order valence-electron chi connectivity index (χ3n) is 3.50. The molecule has 0 aliphatic heterocycles. The van der Waals surface area contributed by atoms with E-state index in [9.17, 15) is 13.2 Å². The Labute approximate surface area is 147 Å². The minimum absolute atomic E-state index is 0.0598. The highest BCUT2D eigenvalue weighted by atomic mass is 32.2. The van der Waals surface area contributed by atoms with Gasteiger partial charge in [0.25, 0.3) is 0 Å². The summed E-state index contributed by atoms with van der Waals surface area (Å²) in [6.07, 6.45) is 4.07. The lowest BCUT2D eigenvalue weighted by Gasteiger charge is -2.22. The number of nitrogens with two attached hydrogens (primary N) is 1. The second-order valence-corrected chi connectivity index (χ2v) is 6.97. The second kappa shape index (κ2) is 8.59. The smallest absolute Gasteiger partial charge is 0.414 e. The molecule has 1 aromatic carbocycles. The maximum Gasteiger partial charge on any atom is 0.414 e. The van der Waals surface area contributed by atoms with E-state index in [1.54, 1.807) is 36.7 Å². The summed E-state index contributed by atoms with van der Waals surface area (Å²) < 4.78 is 27.8. The largest absolute Gasteiger partial charge is 0.449 e. The van der Waals surface area contributed by atoms with Crippen LogP contribution in [0.1, 0.15) is 18.9 Å². The maximum atomic E-state index is 12.3. The second-order valence-electron chi connectivity index (χ2n) is 5.41. The number of ether oxygens (including phenoxy) is 1. The van der Waals surface area contributed by atoms with Gasteiger partial charge in [0.05, 0.1) is 17.2 Å². The Balaban J connectivity index is 2.10. The number of benzene rings is 1. The van der Waals surface area contributed by atoms with Crippen molar-refractivity contribution in [3.05, 3.63) is 54.4 Å². The Morgan fingerprint density at radius 2 is 1.80 bits per heavy atom. The van der Waals surface area contributed by atoms with E-state index in [0.717, 1.165) is 12.0 Å². The molecule has 2 aromatic rings. The van der Waals surface area contributed by atoms with Crippen LogP contribution in [0.15, 0.2) is 53.7 Å². The molecule has 1 amide bonds. The number of anilines is 1. The first-order valence-electron chi connectivity index (χ1n) is 7.88. The van der Waals surface area contributed by atoms with Gasteiger partial charge >= 0.3 is 6.09 Å². The van der Waals surface area contributed by atoms with Gasteiger partial charge in [-0.2, -0.15) is 0 Å². The molecule has 7 nitrogen and oxygen atoms in total. The lowest BCUT2D eigenvalue weighted by atomic mass is 10.1. The number of rotatable bonds is 7. The molecule has 0 radical (unpaired) electrons. The van der Waals surface area contributed by atoms with Gasteiger partial charge in [-0.05, 0) is 42.7 Å². The number of primary sulfonamides is 1. The van der Waals surface area contributed by atoms with E-state index in [1.807, 2.05) is 6.92 Å². The van der Waals surface area contributed by atoms with E-state index in [1.165, 1.54) is 17.0 Å². The van der Waals surface area contributed by atoms with Crippen LogP contribution in [0.4, 0.5) is 10.5 Å². The number of carbonyl (C=O) groups excluding carboxylic acids is 1. The summed E-state index contributed by atoms with van der Waals surface area (Å²) in [7, 11) is -3.71. The van der Waals surface area contributed by atoms with Crippen LogP contribution in [0.3, 0.4) is 0 Å². The van der Waals surface area contributed by atoms with Gasteiger partial charge in [0.2, 0.25) is 10.0 Å². The van der Waals surface area contributed by atoms with Crippen LogP contribution < -0.4 is 10.0 Å². The fourth-order valence-corrected chi connectivity index (χ4v) is 2.72. The molecular formula is C17H21N3O4S. The number of sulfonamides is 1. The van der Waals surface area contributed by atoms with Crippen LogP contribution in [0, 0.1) is 0 Å². The molecule has 1 heterocycles. The number of nitrogens with zero attached hydrogens (tertiary/aromatic N) is 2. The van der Waals surface area contributed by atoms with E-state index >= 15 is 0 Å². The van der Waals surface area contributed by atoms with E-state index in [4.69, 9.17) is 9.88 Å². The monoisotopic (exact) mass is 363 g/mol. The first-order valence-corrected chi connectivity index (χ1v) is 9.42. The average Bonchev–Trinajstić information content (AvgIpc) is 2.60. The van der Waals surface area contributed by atoms with Crippen LogP contribution in [-0.4, -0.2) is 32.6 Å². The topological polar surface area (TPSA) is 103 Å². The van der Waals surface area contributed by atoms with Crippen molar-refractivity contribution in [2.75, 3.05) is 18.1 Å². The third kappa shape index (κ3) is 5.54. The first kappa shape index (κ1) is 18.9. The van der Waals surface area contributed by atoms with E-state index in [0.29, 0.717) is 25.3 Å². The normalized spacial score (nSPS) is 11.1. The summed E-state index contributed by atoms with van der Waals surface area (Å²) in [5.41, 5.74) is 1.58. The minimum atomic E-state index is -3.71. The van der Waals surface area contributed by atoms with Crippen LogP contribution in [-0.2, 0) is 21.2 Å². The van der Waals surface area contributed by atoms with Crippen molar-refractivity contribution in [2.24, 2.45) is 5.14 Å². The quantitative estimate of drug-likeness (QED) is 0.813. The van der Waals surface area contributed by atoms with Crippen molar-refractivity contribution in [3.8, 4) is 0 Å². The highest BCUT2D eigenvalue weighted by Gasteiger charge is 2.17. The van der Waals surface area contributed by atoms with Crippen LogP contribution >= 0.6 is 0 Å². The van der Waals surface area contributed by atoms with Crippen LogP contribution in [0.5, 0.6) is 0 Å². The zero-order valence-corrected chi connectivity index (χ0v) is 14.8. The van der Waals surface area contributed by atoms with E-state index in [2.05, 4.69) is 4.98 Å². The third-order valence-corrected chi connectivity index (χ3v) is 4.43. The molecule has 25 heavy (non-hydrogen) atoms. The molecule has 0 saturated carbocycles. The predicted molar refractivity (Wildman–Crippen MR) is 94.7 cm³/mol. The minimum Gasteiger partial charge on any atom is -0.449 e. The first-order chi connectivity index (χ1) is 11.9. The summed E-state index contributed by atoms with van der Waals surface area (Å²) in [5, 5.41) is 5.09. The van der Waals surface area contributed by atoms with Gasteiger partial charge in [0, 0.05) is 18.9 Å². The van der Waals surface area contributed by atoms with Gasteiger partial charge in [0.1, 0.15) is 0 Å². The Bertz CT molecular complexity index is 792. The summed E-state index contributed by atoms with van der Waals surface area (Å²) in [6.45, 7) is 2.67. The summed E-state index contributed by atoms with van der Waals surface area (Å²) in [5.74, 6) is 0. The number of hydrogen-bond acceptors (Lipinski definition) is 5. The molecule has 0 atom stereocenters. The zero-order valence-electron chi connectivity index (χ0n) is 14.0. The number of carbonyl (C=O) groups is 1. The highest BCUT2D eigenvalue weighted by Crippen LogP contribution is 2.16. The predicted octanol–water partition coefficient (Wildman–Crippen LogP) is 2.32. The van der Waals surface area contributed by atoms with E-state index in [-0.39, 0.29) is 4.90 Å². The molecule has 0 aliphatic carbocycles. The zero-order chi connectivity index (χ0) is 18.3. The Hall–Kier alpha value is -2.45. The Morgan fingerprint density at radius 3 is 2.36 bits per heavy atom. The van der Waals surface area contributed by atoms with Crippen molar-refractivity contribution in [1.82, 2.24) is 4.98 Å². The van der Waals surface area contributed by atoms with Gasteiger partial charge in [-0.1, -0.05) is 19.1 Å². The molecule has 134 valence electrons. The molecule has 1 aromatic heterocycles. The highest BCUT2D eigenvalue weighted by molar-refractivity contribution is 7.89. The van der Waals surface area contributed by atoms with Gasteiger partial charge in [-0.15, -0.1) is 0 Å². The summed E-state index contributed by atoms with van der Waals surface area (Å²) in [4.78, 5) is 17.8. The fraction of sp³-hybridized carbons (Fsp3) is 0.294. The maximum absolute atomic E-state index is 12.3. The molecule has 0 saturated heterocycles. The van der Waals surface area contributed by atoms with Crippen LogP contribution in [0.2, 0.25) is 0 Å². The van der Waals surface area contributed by atoms with Crippen molar-refractivity contribution >= 4 is 21.8 Å². The Morgan fingerprint density at radius 1 is 1.16 bits per heavy atom. The van der Waals surface area contributed by atoms with Crippen molar-refractivity contribution in [2.45, 2.75) is 24.7 Å². The number of hydrogen-bond donors (Lipinski definition) is 1. The summed E-state index contributed by atoms with van der Waals surface area (Å²) >= 11 is 0. The molecule has 2 N–H and O–H groups in total. The number of pyridine rings is 1. The molecule has 2 rings (SSSR count). The van der Waals surface area contributed by atoms with Gasteiger partial charge < -0.3 is 4.74 Å². The molecule has 0 spiro atoms. The van der Waals surface area contributed by atoms with Crippen molar-refractivity contribution in [3.63, 3.8) is 0 Å². The SMILES string of the molecule is CCCOC(=O)N(CCc1ccc(S(N)(=O)=O)cc1)c1ccncc1.